The van der Waals surface area contributed by atoms with Crippen LogP contribution in [0.1, 0.15) is 22.3 Å². The lowest BCUT2D eigenvalue weighted by atomic mass is 10.0. The van der Waals surface area contributed by atoms with E-state index in [2.05, 4.69) is 43.0 Å². The van der Waals surface area contributed by atoms with Gasteiger partial charge in [0.05, 0.1) is 24.1 Å². The van der Waals surface area contributed by atoms with E-state index in [4.69, 9.17) is 4.74 Å². The van der Waals surface area contributed by atoms with Crippen LogP contribution < -0.4 is 0 Å². The Bertz CT molecular complexity index is 855. The molecule has 1 atom stereocenters. The van der Waals surface area contributed by atoms with Gasteiger partial charge in [0, 0.05) is 17.6 Å². The van der Waals surface area contributed by atoms with Crippen LogP contribution in [0.3, 0.4) is 0 Å². The number of ether oxygens (including phenoxy) is 1. The van der Waals surface area contributed by atoms with E-state index in [-0.39, 0.29) is 11.9 Å². The van der Waals surface area contributed by atoms with Gasteiger partial charge < -0.3 is 9.84 Å². The second-order valence-corrected chi connectivity index (χ2v) is 7.67. The Labute approximate surface area is 151 Å². The highest BCUT2D eigenvalue weighted by molar-refractivity contribution is 9.10. The van der Waals surface area contributed by atoms with Crippen LogP contribution in [0.15, 0.2) is 28.7 Å². The lowest BCUT2D eigenvalue weighted by molar-refractivity contribution is 0.0241. The maximum Gasteiger partial charge on any atom is 0.230 e. The molecular weight excluding hydrogens is 392 g/mol. The van der Waals surface area contributed by atoms with Crippen LogP contribution in [-0.2, 0) is 4.74 Å². The van der Waals surface area contributed by atoms with Gasteiger partial charge in [-0.15, -0.1) is 5.10 Å². The van der Waals surface area contributed by atoms with Crippen molar-refractivity contribution in [2.45, 2.75) is 13.0 Å². The third-order valence-corrected chi connectivity index (χ3v) is 5.75. The Hall–Kier alpha value is -1.48. The van der Waals surface area contributed by atoms with Gasteiger partial charge >= 0.3 is 0 Å². The first-order valence-electron chi connectivity index (χ1n) is 7.76. The van der Waals surface area contributed by atoms with Crippen molar-refractivity contribution in [3.05, 3.63) is 45.0 Å². The van der Waals surface area contributed by atoms with Gasteiger partial charge in [-0.2, -0.15) is 4.52 Å². The minimum Gasteiger partial charge on any atom is -0.492 e. The smallest absolute Gasteiger partial charge is 0.230 e. The Kier molecular flexibility index (Phi) is 4.29. The third kappa shape index (κ3) is 2.83. The number of nitrogens with zero attached hydrogens (tertiary/aromatic N) is 4. The molecule has 8 heteroatoms. The average molecular weight is 409 g/mol. The summed E-state index contributed by atoms with van der Waals surface area (Å²) in [5.41, 5.74) is 1.14. The molecule has 0 radical (unpaired) electrons. The van der Waals surface area contributed by atoms with Crippen LogP contribution >= 0.6 is 27.3 Å². The van der Waals surface area contributed by atoms with Crippen molar-refractivity contribution in [1.29, 1.82) is 0 Å². The number of rotatable bonds is 3. The molecule has 3 aromatic rings. The Balaban J connectivity index is 1.82. The van der Waals surface area contributed by atoms with E-state index in [1.807, 2.05) is 19.1 Å². The molecule has 3 heterocycles. The summed E-state index contributed by atoms with van der Waals surface area (Å²) in [5.74, 6) is 0.838. The van der Waals surface area contributed by atoms with Crippen LogP contribution in [0, 0.1) is 6.92 Å². The lowest BCUT2D eigenvalue weighted by Gasteiger charge is -2.34. The fourth-order valence-corrected chi connectivity index (χ4v) is 4.46. The first kappa shape index (κ1) is 16.0. The van der Waals surface area contributed by atoms with Gasteiger partial charge in [-0.25, -0.2) is 4.98 Å². The van der Waals surface area contributed by atoms with Crippen LogP contribution in [0.4, 0.5) is 0 Å². The van der Waals surface area contributed by atoms with Crippen molar-refractivity contribution >= 4 is 32.2 Å². The normalized spacial score (nSPS) is 17.4. The van der Waals surface area contributed by atoms with E-state index in [0.717, 1.165) is 33.0 Å². The van der Waals surface area contributed by atoms with E-state index in [1.165, 1.54) is 15.9 Å². The summed E-state index contributed by atoms with van der Waals surface area (Å²) < 4.78 is 8.06. The fourth-order valence-electron chi connectivity index (χ4n) is 3.03. The van der Waals surface area contributed by atoms with Crippen molar-refractivity contribution in [3.63, 3.8) is 0 Å². The molecule has 0 unspecified atom stereocenters. The molecule has 6 nitrogen and oxygen atoms in total. The first-order chi connectivity index (χ1) is 11.6. The van der Waals surface area contributed by atoms with Gasteiger partial charge in [-0.05, 0) is 24.6 Å². The monoisotopic (exact) mass is 408 g/mol. The second kappa shape index (κ2) is 6.44. The molecule has 4 rings (SSSR count). The predicted octanol–water partition coefficient (Wildman–Crippen LogP) is 2.99. The van der Waals surface area contributed by atoms with Crippen LogP contribution in [-0.4, -0.2) is 50.9 Å². The van der Waals surface area contributed by atoms with Gasteiger partial charge in [0.2, 0.25) is 10.8 Å². The van der Waals surface area contributed by atoms with Gasteiger partial charge in [0.25, 0.3) is 0 Å². The van der Waals surface area contributed by atoms with Crippen molar-refractivity contribution < 1.29 is 9.84 Å². The van der Waals surface area contributed by atoms with Gasteiger partial charge in [0.15, 0.2) is 0 Å². The van der Waals surface area contributed by atoms with Gasteiger partial charge in [-0.3, -0.25) is 4.90 Å². The minimum absolute atomic E-state index is 0.0317. The standard InChI is InChI=1S/C16H17BrN4O2S/c1-10-18-16-21(19-10)15(22)14(24-16)13(20-6-8-23-9-7-20)11-2-4-12(17)5-3-11/h2-5,13,22H,6-9H2,1H3/t13-/m0/s1. The molecule has 126 valence electrons. The molecule has 2 aromatic heterocycles. The average Bonchev–Trinajstić information content (AvgIpc) is 3.09. The van der Waals surface area contributed by atoms with Crippen LogP contribution in [0.5, 0.6) is 5.88 Å². The molecule has 0 spiro atoms. The number of thiazole rings is 1. The highest BCUT2D eigenvalue weighted by Crippen LogP contribution is 2.40. The quantitative estimate of drug-likeness (QED) is 0.721. The van der Waals surface area contributed by atoms with E-state index < -0.39 is 0 Å². The van der Waals surface area contributed by atoms with Crippen LogP contribution in [0.25, 0.3) is 4.96 Å². The molecule has 24 heavy (non-hydrogen) atoms. The van der Waals surface area contributed by atoms with E-state index >= 15 is 0 Å². The molecule has 1 aromatic carbocycles. The second-order valence-electron chi connectivity index (χ2n) is 5.75. The number of hydrogen-bond acceptors (Lipinski definition) is 6. The number of fused-ring (bicyclic) bond motifs is 1. The highest BCUT2D eigenvalue weighted by atomic mass is 79.9. The summed E-state index contributed by atoms with van der Waals surface area (Å²) in [4.78, 5) is 8.32. The maximum absolute atomic E-state index is 10.7. The van der Waals surface area contributed by atoms with Crippen molar-refractivity contribution in [3.8, 4) is 5.88 Å². The zero-order valence-electron chi connectivity index (χ0n) is 13.1. The molecule has 1 N–H and O–H groups in total. The van der Waals surface area contributed by atoms with E-state index in [0.29, 0.717) is 19.0 Å². The van der Waals surface area contributed by atoms with E-state index in [9.17, 15) is 5.11 Å². The highest BCUT2D eigenvalue weighted by Gasteiger charge is 2.30. The zero-order valence-corrected chi connectivity index (χ0v) is 15.5. The molecular formula is C16H17BrN4O2S. The Morgan fingerprint density at radius 2 is 1.96 bits per heavy atom. The zero-order chi connectivity index (χ0) is 16.7. The molecule has 1 saturated heterocycles. The van der Waals surface area contributed by atoms with Crippen LogP contribution in [0.2, 0.25) is 0 Å². The number of aromatic hydroxyl groups is 1. The first-order valence-corrected chi connectivity index (χ1v) is 9.37. The summed E-state index contributed by atoms with van der Waals surface area (Å²) in [5, 5.41) is 15.0. The molecule has 1 aliphatic heterocycles. The van der Waals surface area contributed by atoms with Crippen molar-refractivity contribution in [2.75, 3.05) is 26.3 Å². The largest absolute Gasteiger partial charge is 0.492 e. The number of hydrogen-bond donors (Lipinski definition) is 1. The maximum atomic E-state index is 10.7. The predicted molar refractivity (Wildman–Crippen MR) is 95.6 cm³/mol. The summed E-state index contributed by atoms with van der Waals surface area (Å²) in [7, 11) is 0. The Morgan fingerprint density at radius 3 is 2.62 bits per heavy atom. The van der Waals surface area contributed by atoms with Gasteiger partial charge in [-0.1, -0.05) is 39.4 Å². The number of benzene rings is 1. The number of morpholine rings is 1. The van der Waals surface area contributed by atoms with E-state index in [1.54, 1.807) is 0 Å². The number of aromatic nitrogens is 3. The van der Waals surface area contributed by atoms with Crippen molar-refractivity contribution in [1.82, 2.24) is 19.5 Å². The molecule has 0 amide bonds. The number of halogens is 1. The lowest BCUT2D eigenvalue weighted by Crippen LogP contribution is -2.39. The molecule has 0 bridgehead atoms. The van der Waals surface area contributed by atoms with Crippen molar-refractivity contribution in [2.24, 2.45) is 0 Å². The Morgan fingerprint density at radius 1 is 1.25 bits per heavy atom. The topological polar surface area (TPSA) is 62.9 Å². The molecule has 1 aliphatic rings. The summed E-state index contributed by atoms with van der Waals surface area (Å²) in [6.07, 6.45) is 0. The fraction of sp³-hybridized carbons (Fsp3) is 0.375. The summed E-state index contributed by atoms with van der Waals surface area (Å²) in [6.45, 7) is 4.88. The minimum atomic E-state index is -0.0317. The molecule has 0 saturated carbocycles. The summed E-state index contributed by atoms with van der Waals surface area (Å²) >= 11 is 4.98. The third-order valence-electron chi connectivity index (χ3n) is 4.15. The van der Waals surface area contributed by atoms with Gasteiger partial charge in [0.1, 0.15) is 5.82 Å². The SMILES string of the molecule is Cc1nc2sc([C@H](c3ccc(Br)cc3)N3CCOCC3)c(O)n2n1. The summed E-state index contributed by atoms with van der Waals surface area (Å²) in [6, 6.07) is 8.20. The number of aryl methyl sites for hydroxylation is 1. The molecule has 1 fully saturated rings. The molecule has 0 aliphatic carbocycles.